The summed E-state index contributed by atoms with van der Waals surface area (Å²) < 4.78 is 23.8. The zero-order valence-electron chi connectivity index (χ0n) is 12.4. The van der Waals surface area contributed by atoms with Gasteiger partial charge in [-0.15, -0.1) is 0 Å². The zero-order valence-corrected chi connectivity index (χ0v) is 13.2. The second kappa shape index (κ2) is 7.05. The Morgan fingerprint density at radius 1 is 0.955 bits per heavy atom. The lowest BCUT2D eigenvalue weighted by molar-refractivity contribution is 0.138. The Balaban J connectivity index is 2.26. The van der Waals surface area contributed by atoms with E-state index in [4.69, 9.17) is 0 Å². The monoisotopic (exact) mass is 320 g/mol. The summed E-state index contributed by atoms with van der Waals surface area (Å²) in [5, 5.41) is 18.4. The molecule has 2 atom stereocenters. The van der Waals surface area contributed by atoms with Crippen LogP contribution in [-0.4, -0.2) is 36.2 Å². The number of rotatable bonds is 6. The van der Waals surface area contributed by atoms with Crippen molar-refractivity contribution < 1.29 is 18.6 Å². The van der Waals surface area contributed by atoms with Gasteiger partial charge in [-0.1, -0.05) is 61.5 Å². The Morgan fingerprint density at radius 3 is 2.00 bits per heavy atom. The molecule has 2 N–H and O–H groups in total. The van der Waals surface area contributed by atoms with Crippen molar-refractivity contribution in [1.29, 1.82) is 0 Å². The number of aliphatic hydroxyl groups excluding tert-OH is 2. The molecule has 0 saturated carbocycles. The van der Waals surface area contributed by atoms with Crippen molar-refractivity contribution in [3.63, 3.8) is 0 Å². The van der Waals surface area contributed by atoms with Crippen LogP contribution in [-0.2, 0) is 9.84 Å². The van der Waals surface area contributed by atoms with Gasteiger partial charge in [-0.05, 0) is 16.7 Å². The van der Waals surface area contributed by atoms with Gasteiger partial charge in [-0.2, -0.15) is 0 Å². The van der Waals surface area contributed by atoms with Crippen LogP contribution in [0.25, 0.3) is 11.1 Å². The topological polar surface area (TPSA) is 74.6 Å². The van der Waals surface area contributed by atoms with E-state index in [9.17, 15) is 18.6 Å². The van der Waals surface area contributed by atoms with Gasteiger partial charge >= 0.3 is 0 Å². The largest absolute Gasteiger partial charge is 0.395 e. The molecular formula is C17H20O4S. The van der Waals surface area contributed by atoms with Crippen molar-refractivity contribution in [1.82, 2.24) is 0 Å². The van der Waals surface area contributed by atoms with Gasteiger partial charge in [0.1, 0.15) is 5.25 Å². The van der Waals surface area contributed by atoms with Gasteiger partial charge in [-0.3, -0.25) is 0 Å². The number of benzene rings is 2. The molecule has 0 unspecified atom stereocenters. The smallest absolute Gasteiger partial charge is 0.158 e. The van der Waals surface area contributed by atoms with Crippen molar-refractivity contribution in [2.45, 2.75) is 18.3 Å². The van der Waals surface area contributed by atoms with Gasteiger partial charge in [0.05, 0.1) is 12.7 Å². The highest BCUT2D eigenvalue weighted by molar-refractivity contribution is 7.92. The van der Waals surface area contributed by atoms with Crippen LogP contribution in [0.15, 0.2) is 54.6 Å². The molecule has 2 aromatic carbocycles. The molecule has 0 heterocycles. The molecule has 22 heavy (non-hydrogen) atoms. The third-order valence-corrected chi connectivity index (χ3v) is 5.89. The summed E-state index contributed by atoms with van der Waals surface area (Å²) in [5.41, 5.74) is 2.51. The molecule has 0 bridgehead atoms. The first kappa shape index (κ1) is 16.7. The van der Waals surface area contributed by atoms with E-state index >= 15 is 0 Å². The van der Waals surface area contributed by atoms with Gasteiger partial charge in [0.15, 0.2) is 9.84 Å². The summed E-state index contributed by atoms with van der Waals surface area (Å²) in [6, 6.07) is 16.8. The minimum absolute atomic E-state index is 0.114. The van der Waals surface area contributed by atoms with Crippen molar-refractivity contribution in [3.05, 3.63) is 60.2 Å². The third kappa shape index (κ3) is 3.55. The molecule has 0 aromatic heterocycles. The summed E-state index contributed by atoms with van der Waals surface area (Å²) >= 11 is 0. The fraction of sp³-hybridized carbons (Fsp3) is 0.294. The molecule has 4 nitrogen and oxygen atoms in total. The van der Waals surface area contributed by atoms with Crippen LogP contribution in [0.2, 0.25) is 0 Å². The van der Waals surface area contributed by atoms with Crippen LogP contribution in [0, 0.1) is 0 Å². The van der Waals surface area contributed by atoms with E-state index in [0.29, 0.717) is 5.56 Å². The number of hydrogen-bond donors (Lipinski definition) is 2. The predicted molar refractivity (Wildman–Crippen MR) is 87.2 cm³/mol. The lowest BCUT2D eigenvalue weighted by Crippen LogP contribution is -2.33. The highest BCUT2D eigenvalue weighted by Gasteiger charge is 2.31. The van der Waals surface area contributed by atoms with Crippen LogP contribution in [0.1, 0.15) is 18.6 Å². The molecule has 5 heteroatoms. The quantitative estimate of drug-likeness (QED) is 0.855. The molecule has 0 amide bonds. The Kier molecular flexibility index (Phi) is 5.34. The molecule has 0 radical (unpaired) electrons. The summed E-state index contributed by atoms with van der Waals surface area (Å²) in [6.07, 6.45) is -1.24. The second-order valence-corrected chi connectivity index (χ2v) is 7.61. The molecule has 2 rings (SSSR count). The molecule has 0 aliphatic carbocycles. The molecule has 0 fully saturated rings. The minimum atomic E-state index is -3.52. The van der Waals surface area contributed by atoms with E-state index in [0.717, 1.165) is 11.1 Å². The fourth-order valence-electron chi connectivity index (χ4n) is 2.34. The maximum atomic E-state index is 11.9. The average molecular weight is 320 g/mol. The summed E-state index contributed by atoms with van der Waals surface area (Å²) in [7, 11) is -3.52. The highest BCUT2D eigenvalue weighted by atomic mass is 32.2. The maximum absolute atomic E-state index is 11.9. The summed E-state index contributed by atoms with van der Waals surface area (Å²) in [4.78, 5) is 0. The lowest BCUT2D eigenvalue weighted by Gasteiger charge is -2.21. The minimum Gasteiger partial charge on any atom is -0.395 e. The normalized spacial score (nSPS) is 14.5. The highest BCUT2D eigenvalue weighted by Crippen LogP contribution is 2.26. The Hall–Kier alpha value is -1.69. The average Bonchev–Trinajstić information content (AvgIpc) is 2.56. The predicted octanol–water partition coefficient (Wildman–Crippen LogP) is 2.18. The molecule has 0 aliphatic rings. The van der Waals surface area contributed by atoms with Gasteiger partial charge in [0, 0.05) is 5.75 Å². The Labute approximate surface area is 131 Å². The van der Waals surface area contributed by atoms with Gasteiger partial charge in [0.2, 0.25) is 0 Å². The van der Waals surface area contributed by atoms with Crippen LogP contribution < -0.4 is 0 Å². The van der Waals surface area contributed by atoms with E-state index < -0.39 is 27.8 Å². The molecule has 118 valence electrons. The molecule has 0 aliphatic heterocycles. The first-order valence-electron chi connectivity index (χ1n) is 7.15. The third-order valence-electron chi connectivity index (χ3n) is 3.76. The fourth-order valence-corrected chi connectivity index (χ4v) is 3.55. The van der Waals surface area contributed by atoms with Crippen LogP contribution in [0.5, 0.6) is 0 Å². The lowest BCUT2D eigenvalue weighted by atomic mass is 10.0. The van der Waals surface area contributed by atoms with Crippen LogP contribution in [0.3, 0.4) is 0 Å². The molecule has 0 saturated heterocycles. The zero-order chi connectivity index (χ0) is 16.2. The first-order chi connectivity index (χ1) is 10.5. The Bertz CT molecular complexity index is 693. The van der Waals surface area contributed by atoms with Gasteiger partial charge in [-0.25, -0.2) is 8.42 Å². The second-order valence-electron chi connectivity index (χ2n) is 5.11. The van der Waals surface area contributed by atoms with Crippen molar-refractivity contribution >= 4 is 9.84 Å². The van der Waals surface area contributed by atoms with Crippen molar-refractivity contribution in [3.8, 4) is 11.1 Å². The van der Waals surface area contributed by atoms with E-state index in [2.05, 4.69) is 0 Å². The van der Waals surface area contributed by atoms with Crippen molar-refractivity contribution in [2.24, 2.45) is 0 Å². The van der Waals surface area contributed by atoms with E-state index in [-0.39, 0.29) is 5.75 Å². The maximum Gasteiger partial charge on any atom is 0.158 e. The van der Waals surface area contributed by atoms with Crippen LogP contribution >= 0.6 is 0 Å². The SMILES string of the molecule is CCS(=O)(=O)[C@@H](CO)[C@H](O)c1ccc(-c2ccccc2)cc1. The number of sulfone groups is 1. The standard InChI is InChI=1S/C17H20O4S/c1-2-22(20,21)16(12-18)17(19)15-10-8-14(9-11-15)13-6-4-3-5-7-13/h3-11,16-19H,2,12H2,1H3/t16-,17+/m0/s1. The van der Waals surface area contributed by atoms with E-state index in [1.807, 2.05) is 42.5 Å². The molecule has 2 aromatic rings. The van der Waals surface area contributed by atoms with Crippen LogP contribution in [0.4, 0.5) is 0 Å². The summed E-state index contributed by atoms with van der Waals surface area (Å²) in [6.45, 7) is 0.904. The first-order valence-corrected chi connectivity index (χ1v) is 8.87. The Morgan fingerprint density at radius 2 is 1.50 bits per heavy atom. The van der Waals surface area contributed by atoms with Gasteiger partial charge in [0.25, 0.3) is 0 Å². The van der Waals surface area contributed by atoms with E-state index in [1.54, 1.807) is 12.1 Å². The number of hydrogen-bond acceptors (Lipinski definition) is 4. The van der Waals surface area contributed by atoms with Gasteiger partial charge < -0.3 is 10.2 Å². The van der Waals surface area contributed by atoms with E-state index in [1.165, 1.54) is 6.92 Å². The van der Waals surface area contributed by atoms with Crippen molar-refractivity contribution in [2.75, 3.05) is 12.4 Å². The molecular weight excluding hydrogens is 300 g/mol. The summed E-state index contributed by atoms with van der Waals surface area (Å²) in [5.74, 6) is -0.114. The number of aliphatic hydroxyl groups is 2. The molecule has 0 spiro atoms.